The van der Waals surface area contributed by atoms with Crippen LogP contribution in [0.4, 0.5) is 0 Å². The molecule has 1 amide bonds. The average molecular weight is 273 g/mol. The number of nitrogens with one attached hydrogen (secondary N) is 1. The smallest absolute Gasteiger partial charge is 0.251 e. The van der Waals surface area contributed by atoms with Gasteiger partial charge in [-0.3, -0.25) is 4.79 Å². The third-order valence-electron chi connectivity index (χ3n) is 2.48. The zero-order valence-electron chi connectivity index (χ0n) is 10.6. The van der Waals surface area contributed by atoms with E-state index in [1.54, 1.807) is 7.11 Å². The minimum Gasteiger partial charge on any atom is -0.380 e. The summed E-state index contributed by atoms with van der Waals surface area (Å²) < 4.78 is 5.07. The molecule has 18 heavy (non-hydrogen) atoms. The van der Waals surface area contributed by atoms with Crippen LogP contribution < -0.4 is 11.1 Å². The van der Waals surface area contributed by atoms with Gasteiger partial charge in [0, 0.05) is 19.2 Å². The van der Waals surface area contributed by atoms with Crippen molar-refractivity contribution in [3.63, 3.8) is 0 Å². The monoisotopic (exact) mass is 272 g/mol. The van der Waals surface area contributed by atoms with Gasteiger partial charge in [-0.1, -0.05) is 18.2 Å². The summed E-state index contributed by atoms with van der Waals surface area (Å²) in [6.07, 6.45) is 1.84. The van der Waals surface area contributed by atoms with Gasteiger partial charge in [0.25, 0.3) is 5.91 Å². The molecule has 4 nitrogen and oxygen atoms in total. The Labute approximate surface area is 114 Å². The van der Waals surface area contributed by atoms with Crippen LogP contribution in [0.25, 0.3) is 0 Å². The fourth-order valence-electron chi connectivity index (χ4n) is 1.59. The molecule has 0 unspecified atom stereocenters. The second-order valence-corrected chi connectivity index (χ2v) is 3.84. The molecule has 0 spiro atoms. The van der Waals surface area contributed by atoms with Crippen LogP contribution in [-0.4, -0.2) is 26.1 Å². The molecular weight excluding hydrogens is 252 g/mol. The number of unbranched alkanes of at least 4 members (excludes halogenated alkanes) is 1. The number of benzene rings is 1. The number of methoxy groups -OCH3 is 1. The van der Waals surface area contributed by atoms with Crippen molar-refractivity contribution in [2.45, 2.75) is 19.4 Å². The van der Waals surface area contributed by atoms with Gasteiger partial charge in [0.15, 0.2) is 0 Å². The molecule has 0 bridgehead atoms. The number of carbonyl (C=O) groups excluding carboxylic acids is 1. The maximum absolute atomic E-state index is 11.9. The first kappa shape index (κ1) is 16.9. The number of carbonyl (C=O) groups is 1. The van der Waals surface area contributed by atoms with E-state index in [1.807, 2.05) is 24.3 Å². The first-order valence-electron chi connectivity index (χ1n) is 5.84. The molecule has 1 rings (SSSR count). The molecule has 0 radical (unpaired) electrons. The molecule has 3 N–H and O–H groups in total. The number of hydrogen-bond acceptors (Lipinski definition) is 3. The van der Waals surface area contributed by atoms with Gasteiger partial charge < -0.3 is 15.8 Å². The quantitative estimate of drug-likeness (QED) is 0.743. The lowest BCUT2D eigenvalue weighted by molar-refractivity contribution is 0.0948. The highest BCUT2D eigenvalue weighted by molar-refractivity contribution is 5.95. The second kappa shape index (κ2) is 9.88. The van der Waals surface area contributed by atoms with Gasteiger partial charge in [-0.15, -0.1) is 12.4 Å². The van der Waals surface area contributed by atoms with E-state index in [2.05, 4.69) is 5.32 Å². The summed E-state index contributed by atoms with van der Waals surface area (Å²) in [5.74, 6) is -0.0466. The van der Waals surface area contributed by atoms with Crippen LogP contribution in [0.2, 0.25) is 0 Å². The lowest BCUT2D eigenvalue weighted by Gasteiger charge is -2.09. The number of amides is 1. The molecule has 0 aromatic heterocycles. The van der Waals surface area contributed by atoms with Crippen molar-refractivity contribution in [2.75, 3.05) is 20.2 Å². The summed E-state index contributed by atoms with van der Waals surface area (Å²) in [5, 5.41) is 2.88. The van der Waals surface area contributed by atoms with Crippen molar-refractivity contribution in [3.05, 3.63) is 35.4 Å². The zero-order valence-corrected chi connectivity index (χ0v) is 11.5. The molecule has 0 aliphatic rings. The third kappa shape index (κ3) is 5.49. The fourth-order valence-corrected chi connectivity index (χ4v) is 1.59. The summed E-state index contributed by atoms with van der Waals surface area (Å²) in [4.78, 5) is 11.9. The van der Waals surface area contributed by atoms with Crippen molar-refractivity contribution >= 4 is 18.3 Å². The first-order chi connectivity index (χ1) is 8.29. The predicted molar refractivity (Wildman–Crippen MR) is 75.0 cm³/mol. The highest BCUT2D eigenvalue weighted by atomic mass is 35.5. The molecule has 102 valence electrons. The van der Waals surface area contributed by atoms with Crippen LogP contribution in [0.3, 0.4) is 0 Å². The Hall–Kier alpha value is -1.10. The van der Waals surface area contributed by atoms with Gasteiger partial charge in [-0.2, -0.15) is 0 Å². The van der Waals surface area contributed by atoms with Crippen LogP contribution in [0, 0.1) is 0 Å². The van der Waals surface area contributed by atoms with Gasteiger partial charge in [0.2, 0.25) is 0 Å². The Morgan fingerprint density at radius 1 is 1.33 bits per heavy atom. The molecule has 0 atom stereocenters. The van der Waals surface area contributed by atoms with E-state index in [-0.39, 0.29) is 18.3 Å². The number of hydrogen-bond donors (Lipinski definition) is 2. The van der Waals surface area contributed by atoms with Crippen LogP contribution >= 0.6 is 12.4 Å². The summed E-state index contributed by atoms with van der Waals surface area (Å²) in [6, 6.07) is 7.47. The number of ether oxygens (including phenoxy) is 1. The molecule has 0 fully saturated rings. The lowest BCUT2D eigenvalue weighted by Crippen LogP contribution is -2.26. The molecule has 1 aromatic rings. The van der Waals surface area contributed by atoms with Crippen LogP contribution in [0.5, 0.6) is 0 Å². The zero-order chi connectivity index (χ0) is 12.5. The van der Waals surface area contributed by atoms with Gasteiger partial charge in [0.05, 0.1) is 6.61 Å². The SMILES string of the molecule is COCc1ccccc1C(=O)NCCCCN.Cl. The first-order valence-corrected chi connectivity index (χ1v) is 5.84. The largest absolute Gasteiger partial charge is 0.380 e. The van der Waals surface area contributed by atoms with Crippen LogP contribution in [-0.2, 0) is 11.3 Å². The summed E-state index contributed by atoms with van der Waals surface area (Å²) in [7, 11) is 1.62. The second-order valence-electron chi connectivity index (χ2n) is 3.84. The minimum atomic E-state index is -0.0466. The fraction of sp³-hybridized carbons (Fsp3) is 0.462. The Morgan fingerprint density at radius 2 is 2.06 bits per heavy atom. The predicted octanol–water partition coefficient (Wildman–Crippen LogP) is 1.72. The van der Waals surface area contributed by atoms with Gasteiger partial charge in [-0.05, 0) is 31.0 Å². The van der Waals surface area contributed by atoms with E-state index in [0.29, 0.717) is 25.3 Å². The Bertz CT molecular complexity index is 359. The number of nitrogens with two attached hydrogens (primary N) is 1. The molecule has 0 heterocycles. The van der Waals surface area contributed by atoms with Crippen molar-refractivity contribution in [1.29, 1.82) is 0 Å². The van der Waals surface area contributed by atoms with E-state index in [4.69, 9.17) is 10.5 Å². The van der Waals surface area contributed by atoms with Gasteiger partial charge in [0.1, 0.15) is 0 Å². The molecule has 0 saturated heterocycles. The van der Waals surface area contributed by atoms with E-state index >= 15 is 0 Å². The van der Waals surface area contributed by atoms with Crippen LogP contribution in [0.1, 0.15) is 28.8 Å². The van der Waals surface area contributed by atoms with Crippen molar-refractivity contribution in [2.24, 2.45) is 5.73 Å². The van der Waals surface area contributed by atoms with E-state index < -0.39 is 0 Å². The number of rotatable bonds is 7. The van der Waals surface area contributed by atoms with Crippen LogP contribution in [0.15, 0.2) is 24.3 Å². The summed E-state index contributed by atoms with van der Waals surface area (Å²) >= 11 is 0. The Morgan fingerprint density at radius 3 is 2.72 bits per heavy atom. The molecule has 5 heteroatoms. The average Bonchev–Trinajstić information content (AvgIpc) is 2.35. The maximum atomic E-state index is 11.9. The normalized spacial score (nSPS) is 9.67. The molecular formula is C13H21ClN2O2. The van der Waals surface area contributed by atoms with E-state index in [0.717, 1.165) is 18.4 Å². The van der Waals surface area contributed by atoms with Crippen molar-refractivity contribution in [3.8, 4) is 0 Å². The Kier molecular flexibility index (Phi) is 9.28. The van der Waals surface area contributed by atoms with E-state index in [9.17, 15) is 4.79 Å². The highest BCUT2D eigenvalue weighted by Gasteiger charge is 2.09. The van der Waals surface area contributed by atoms with Gasteiger partial charge in [-0.25, -0.2) is 0 Å². The molecule has 0 aliphatic heterocycles. The van der Waals surface area contributed by atoms with Crippen molar-refractivity contribution < 1.29 is 9.53 Å². The summed E-state index contributed by atoms with van der Waals surface area (Å²) in [5.41, 5.74) is 6.98. The lowest BCUT2D eigenvalue weighted by atomic mass is 10.1. The number of halogens is 1. The highest BCUT2D eigenvalue weighted by Crippen LogP contribution is 2.09. The van der Waals surface area contributed by atoms with Gasteiger partial charge >= 0.3 is 0 Å². The molecule has 0 aliphatic carbocycles. The topological polar surface area (TPSA) is 64.3 Å². The minimum absolute atomic E-state index is 0. The maximum Gasteiger partial charge on any atom is 0.251 e. The molecule has 1 aromatic carbocycles. The van der Waals surface area contributed by atoms with E-state index in [1.165, 1.54) is 0 Å². The van der Waals surface area contributed by atoms with Crippen molar-refractivity contribution in [1.82, 2.24) is 5.32 Å². The standard InChI is InChI=1S/C13H20N2O2.ClH/c1-17-10-11-6-2-3-7-12(11)13(16)15-9-5-4-8-14;/h2-3,6-7H,4-5,8-10,14H2,1H3,(H,15,16);1H. The summed E-state index contributed by atoms with van der Waals surface area (Å²) in [6.45, 7) is 1.78. The Balaban J connectivity index is 0.00000289. The molecule has 0 saturated carbocycles. The third-order valence-corrected chi connectivity index (χ3v) is 2.48.